The first kappa shape index (κ1) is 25.8. The van der Waals surface area contributed by atoms with Gasteiger partial charge in [0.15, 0.2) is 0 Å². The Hall–Kier alpha value is -3.27. The van der Waals surface area contributed by atoms with Crippen LogP contribution in [0.4, 0.5) is 16.4 Å². The number of halogens is 1. The van der Waals surface area contributed by atoms with Gasteiger partial charge in [-0.05, 0) is 78.1 Å². The Balaban J connectivity index is 1.48. The zero-order valence-electron chi connectivity index (χ0n) is 20.8. The number of hydrogen-bond donors (Lipinski definition) is 3. The molecule has 36 heavy (non-hydrogen) atoms. The number of rotatable bonds is 6. The standard InChI is InChI=1S/C26H32BrN7O2/c1-26(2,3)19-11-13-22(14-12-19)34(25(36)28-21-6-4-5-20(27)15-21)16-17-7-9-18(10-8-17)23(35)29-24-30-32-33-31-24/h4-10,15,19,22H,11-14,16H2,1-3H3,(H,28,36)(H2,29,30,31,32,33,35). The van der Waals surface area contributed by atoms with E-state index in [1.165, 1.54) is 0 Å². The first-order valence-corrected chi connectivity index (χ1v) is 13.0. The minimum atomic E-state index is -0.326. The van der Waals surface area contributed by atoms with Gasteiger partial charge in [-0.15, -0.1) is 5.10 Å². The highest BCUT2D eigenvalue weighted by atomic mass is 79.9. The Morgan fingerprint density at radius 2 is 1.78 bits per heavy atom. The largest absolute Gasteiger partial charge is 0.322 e. The molecule has 4 rings (SSSR count). The number of anilines is 2. The summed E-state index contributed by atoms with van der Waals surface area (Å²) in [5.41, 5.74) is 2.44. The van der Waals surface area contributed by atoms with Crippen molar-refractivity contribution in [1.29, 1.82) is 0 Å². The fraction of sp³-hybridized carbons (Fsp3) is 0.423. The van der Waals surface area contributed by atoms with E-state index < -0.39 is 0 Å². The Morgan fingerprint density at radius 3 is 2.39 bits per heavy atom. The lowest BCUT2D eigenvalue weighted by atomic mass is 9.71. The van der Waals surface area contributed by atoms with Crippen molar-refractivity contribution >= 4 is 39.5 Å². The van der Waals surface area contributed by atoms with Crippen LogP contribution in [-0.4, -0.2) is 43.5 Å². The van der Waals surface area contributed by atoms with E-state index in [0.717, 1.165) is 41.4 Å². The Morgan fingerprint density at radius 1 is 1.06 bits per heavy atom. The molecule has 0 spiro atoms. The van der Waals surface area contributed by atoms with Crippen LogP contribution >= 0.6 is 15.9 Å². The number of nitrogens with zero attached hydrogens (tertiary/aromatic N) is 4. The molecule has 0 atom stereocenters. The van der Waals surface area contributed by atoms with Gasteiger partial charge in [-0.25, -0.2) is 4.79 Å². The maximum absolute atomic E-state index is 13.5. The summed E-state index contributed by atoms with van der Waals surface area (Å²) >= 11 is 3.47. The molecule has 3 amide bonds. The van der Waals surface area contributed by atoms with E-state index in [0.29, 0.717) is 18.0 Å². The minimum absolute atomic E-state index is 0.116. The average Bonchev–Trinajstić information content (AvgIpc) is 3.35. The van der Waals surface area contributed by atoms with Crippen LogP contribution in [0.5, 0.6) is 0 Å². The zero-order chi connectivity index (χ0) is 25.7. The number of nitrogens with one attached hydrogen (secondary N) is 3. The lowest BCUT2D eigenvalue weighted by molar-refractivity contribution is 0.102. The van der Waals surface area contributed by atoms with Gasteiger partial charge in [0.1, 0.15) is 0 Å². The van der Waals surface area contributed by atoms with Crippen molar-refractivity contribution in [3.63, 3.8) is 0 Å². The van der Waals surface area contributed by atoms with Gasteiger partial charge in [0.2, 0.25) is 0 Å². The zero-order valence-corrected chi connectivity index (χ0v) is 22.4. The van der Waals surface area contributed by atoms with Crippen LogP contribution < -0.4 is 10.6 Å². The maximum Gasteiger partial charge on any atom is 0.322 e. The van der Waals surface area contributed by atoms with Gasteiger partial charge in [-0.2, -0.15) is 5.21 Å². The second kappa shape index (κ2) is 11.2. The molecule has 1 aromatic heterocycles. The van der Waals surface area contributed by atoms with Crippen molar-refractivity contribution in [1.82, 2.24) is 25.5 Å². The molecule has 1 aliphatic carbocycles. The molecule has 0 unspecified atom stereocenters. The molecule has 1 fully saturated rings. The summed E-state index contributed by atoms with van der Waals surface area (Å²) in [4.78, 5) is 27.8. The Labute approximate surface area is 219 Å². The van der Waals surface area contributed by atoms with Crippen LogP contribution in [0.25, 0.3) is 0 Å². The fourth-order valence-corrected chi connectivity index (χ4v) is 5.13. The third kappa shape index (κ3) is 6.69. The number of benzene rings is 2. The van der Waals surface area contributed by atoms with E-state index in [2.05, 4.69) is 68.0 Å². The number of tetrazole rings is 1. The number of H-pyrrole nitrogens is 1. The Kier molecular flexibility index (Phi) is 8.03. The van der Waals surface area contributed by atoms with Crippen molar-refractivity contribution in [3.8, 4) is 0 Å². The van der Waals surface area contributed by atoms with E-state index in [4.69, 9.17) is 0 Å². The number of urea groups is 1. The summed E-state index contributed by atoms with van der Waals surface area (Å²) in [5.74, 6) is 0.443. The number of hydrogen-bond acceptors (Lipinski definition) is 5. The third-order valence-corrected chi connectivity index (χ3v) is 7.33. The highest BCUT2D eigenvalue weighted by Crippen LogP contribution is 2.39. The van der Waals surface area contributed by atoms with E-state index in [1.807, 2.05) is 41.3 Å². The molecule has 1 aliphatic rings. The van der Waals surface area contributed by atoms with Gasteiger partial charge in [-0.1, -0.05) is 60.0 Å². The predicted molar refractivity (Wildman–Crippen MR) is 142 cm³/mol. The molecule has 2 aromatic carbocycles. The summed E-state index contributed by atoms with van der Waals surface area (Å²) in [6, 6.07) is 14.9. The molecular formula is C26H32BrN7O2. The molecule has 1 saturated carbocycles. The predicted octanol–water partition coefficient (Wildman–Crippen LogP) is 5.85. The van der Waals surface area contributed by atoms with Gasteiger partial charge < -0.3 is 10.2 Å². The van der Waals surface area contributed by atoms with Gasteiger partial charge in [-0.3, -0.25) is 10.1 Å². The second-order valence-electron chi connectivity index (χ2n) is 10.3. The average molecular weight is 554 g/mol. The highest BCUT2D eigenvalue weighted by molar-refractivity contribution is 9.10. The maximum atomic E-state index is 13.5. The molecule has 0 bridgehead atoms. The van der Waals surface area contributed by atoms with Gasteiger partial charge in [0.05, 0.1) is 0 Å². The summed E-state index contributed by atoms with van der Waals surface area (Å²) in [6.07, 6.45) is 4.14. The first-order valence-electron chi connectivity index (χ1n) is 12.2. The molecule has 3 aromatic rings. The molecule has 9 nitrogen and oxygen atoms in total. The van der Waals surface area contributed by atoms with Crippen LogP contribution in [0.15, 0.2) is 53.0 Å². The van der Waals surface area contributed by atoms with Crippen molar-refractivity contribution < 1.29 is 9.59 Å². The van der Waals surface area contributed by atoms with Crippen molar-refractivity contribution in [2.45, 2.75) is 59.0 Å². The van der Waals surface area contributed by atoms with Gasteiger partial charge >= 0.3 is 6.03 Å². The van der Waals surface area contributed by atoms with Crippen LogP contribution in [0.3, 0.4) is 0 Å². The number of carbonyl (C=O) groups is 2. The normalized spacial score (nSPS) is 17.9. The second-order valence-corrected chi connectivity index (χ2v) is 11.2. The van der Waals surface area contributed by atoms with Crippen LogP contribution in [0, 0.1) is 11.3 Å². The fourth-order valence-electron chi connectivity index (χ4n) is 4.73. The molecule has 0 saturated heterocycles. The monoisotopic (exact) mass is 553 g/mol. The van der Waals surface area contributed by atoms with E-state index in [1.54, 1.807) is 12.1 Å². The summed E-state index contributed by atoms with van der Waals surface area (Å²) in [7, 11) is 0. The van der Waals surface area contributed by atoms with E-state index >= 15 is 0 Å². The van der Waals surface area contributed by atoms with Gasteiger partial charge in [0.25, 0.3) is 11.9 Å². The molecule has 0 aliphatic heterocycles. The Bertz CT molecular complexity index is 1170. The smallest absolute Gasteiger partial charge is 0.317 e. The lowest BCUT2D eigenvalue weighted by Crippen LogP contribution is -2.45. The summed E-state index contributed by atoms with van der Waals surface area (Å²) in [6.45, 7) is 7.35. The molecule has 1 heterocycles. The third-order valence-electron chi connectivity index (χ3n) is 6.84. The van der Waals surface area contributed by atoms with Gasteiger partial charge in [0, 0.05) is 28.3 Å². The number of aromatic amines is 1. The van der Waals surface area contributed by atoms with Crippen LogP contribution in [0.2, 0.25) is 0 Å². The van der Waals surface area contributed by atoms with E-state index in [-0.39, 0.29) is 29.3 Å². The highest BCUT2D eigenvalue weighted by Gasteiger charge is 2.33. The summed E-state index contributed by atoms with van der Waals surface area (Å²) in [5, 5.41) is 18.9. The summed E-state index contributed by atoms with van der Waals surface area (Å²) < 4.78 is 0.909. The molecule has 10 heteroatoms. The van der Waals surface area contributed by atoms with Crippen LogP contribution in [0.1, 0.15) is 62.4 Å². The van der Waals surface area contributed by atoms with Crippen molar-refractivity contribution in [2.24, 2.45) is 11.3 Å². The molecule has 190 valence electrons. The molecule has 0 radical (unpaired) electrons. The quantitative estimate of drug-likeness (QED) is 0.353. The number of aromatic nitrogens is 4. The lowest BCUT2D eigenvalue weighted by Gasteiger charge is -2.41. The topological polar surface area (TPSA) is 116 Å². The molecule has 3 N–H and O–H groups in total. The number of amides is 3. The van der Waals surface area contributed by atoms with Crippen LogP contribution in [-0.2, 0) is 6.54 Å². The van der Waals surface area contributed by atoms with Crippen molar-refractivity contribution in [2.75, 3.05) is 10.6 Å². The minimum Gasteiger partial charge on any atom is -0.317 e. The molecular weight excluding hydrogens is 522 g/mol. The van der Waals surface area contributed by atoms with E-state index in [9.17, 15) is 9.59 Å². The number of carbonyl (C=O) groups excluding carboxylic acids is 2. The first-order chi connectivity index (χ1) is 17.2. The van der Waals surface area contributed by atoms with Crippen molar-refractivity contribution in [3.05, 3.63) is 64.1 Å². The SMILES string of the molecule is CC(C)(C)C1CCC(N(Cc2ccc(C(=O)Nc3nn[nH]n3)cc2)C(=O)Nc2cccc(Br)c2)CC1.